The van der Waals surface area contributed by atoms with Crippen LogP contribution in [0.1, 0.15) is 69.7 Å². The summed E-state index contributed by atoms with van der Waals surface area (Å²) in [6.07, 6.45) is 1.95. The van der Waals surface area contributed by atoms with Gasteiger partial charge in [-0.2, -0.15) is 0 Å². The third-order valence-electron chi connectivity index (χ3n) is 6.20. The minimum absolute atomic E-state index is 0.0840. The smallest absolute Gasteiger partial charge is 0.408 e. The Labute approximate surface area is 208 Å². The van der Waals surface area contributed by atoms with E-state index in [1.54, 1.807) is 32.6 Å². The molecule has 2 atom stereocenters. The number of rotatable bonds is 7. The summed E-state index contributed by atoms with van der Waals surface area (Å²) < 4.78 is 5.34. The third kappa shape index (κ3) is 6.62. The molecule has 2 aromatic rings. The molecule has 0 bridgehead atoms. The predicted molar refractivity (Wildman–Crippen MR) is 137 cm³/mol. The molecule has 0 aromatic heterocycles. The predicted octanol–water partition coefficient (Wildman–Crippen LogP) is 5.28. The van der Waals surface area contributed by atoms with Crippen LogP contribution < -0.4 is 10.6 Å². The van der Waals surface area contributed by atoms with Crippen molar-refractivity contribution in [1.29, 1.82) is 0 Å². The molecule has 3 amide bonds. The molecule has 1 aliphatic rings. The quantitative estimate of drug-likeness (QED) is 0.566. The summed E-state index contributed by atoms with van der Waals surface area (Å²) in [7, 11) is 0. The molecule has 7 nitrogen and oxygen atoms in total. The molecule has 2 N–H and O–H groups in total. The van der Waals surface area contributed by atoms with Crippen molar-refractivity contribution in [1.82, 2.24) is 10.2 Å². The van der Waals surface area contributed by atoms with Gasteiger partial charge in [0.1, 0.15) is 17.7 Å². The van der Waals surface area contributed by atoms with Crippen LogP contribution in [-0.2, 0) is 14.3 Å². The number of anilines is 1. The summed E-state index contributed by atoms with van der Waals surface area (Å²) in [5.74, 6) is -0.593. The second-order valence-electron chi connectivity index (χ2n) is 10.3. The van der Waals surface area contributed by atoms with Crippen LogP contribution in [0.3, 0.4) is 0 Å². The van der Waals surface area contributed by atoms with E-state index in [-0.39, 0.29) is 17.9 Å². The number of carbonyl (C=O) groups is 3. The van der Waals surface area contributed by atoms with Crippen LogP contribution in [0.2, 0.25) is 0 Å². The highest BCUT2D eigenvalue weighted by molar-refractivity contribution is 6.00. The zero-order chi connectivity index (χ0) is 25.8. The Morgan fingerprint density at radius 3 is 2.09 bits per heavy atom. The highest BCUT2D eigenvalue weighted by Gasteiger charge is 2.41. The van der Waals surface area contributed by atoms with Crippen LogP contribution in [0.5, 0.6) is 0 Å². The van der Waals surface area contributed by atoms with Crippen LogP contribution in [0.25, 0.3) is 0 Å². The number of para-hydroxylation sites is 1. The van der Waals surface area contributed by atoms with Gasteiger partial charge in [-0.05, 0) is 77.5 Å². The van der Waals surface area contributed by atoms with Crippen LogP contribution >= 0.6 is 0 Å². The summed E-state index contributed by atoms with van der Waals surface area (Å²) >= 11 is 0. The maximum absolute atomic E-state index is 13.8. The fraction of sp³-hybridized carbons (Fsp3) is 0.464. The fourth-order valence-corrected chi connectivity index (χ4v) is 4.23. The monoisotopic (exact) mass is 479 g/mol. The molecule has 1 saturated carbocycles. The number of carbonyl (C=O) groups excluding carboxylic acids is 3. The minimum atomic E-state index is -0.857. The van der Waals surface area contributed by atoms with Gasteiger partial charge < -0.3 is 20.3 Å². The van der Waals surface area contributed by atoms with Crippen molar-refractivity contribution in [2.45, 2.75) is 84.5 Å². The number of ether oxygens (including phenoxy) is 1. The average molecular weight is 480 g/mol. The summed E-state index contributed by atoms with van der Waals surface area (Å²) in [5, 5.41) is 5.73. The van der Waals surface area contributed by atoms with Gasteiger partial charge in [-0.15, -0.1) is 0 Å². The molecule has 3 rings (SSSR count). The van der Waals surface area contributed by atoms with E-state index < -0.39 is 23.8 Å². The first-order valence-corrected chi connectivity index (χ1v) is 12.2. The lowest BCUT2D eigenvalue weighted by Gasteiger charge is -2.43. The summed E-state index contributed by atoms with van der Waals surface area (Å²) in [5.41, 5.74) is 2.69. The molecular weight excluding hydrogens is 442 g/mol. The maximum atomic E-state index is 13.8. The van der Waals surface area contributed by atoms with E-state index in [2.05, 4.69) is 10.6 Å². The summed E-state index contributed by atoms with van der Waals surface area (Å²) in [6.45, 7) is 10.8. The van der Waals surface area contributed by atoms with Gasteiger partial charge in [0.2, 0.25) is 5.91 Å². The molecule has 2 unspecified atom stereocenters. The Kier molecular flexibility index (Phi) is 8.20. The van der Waals surface area contributed by atoms with Gasteiger partial charge in [0.25, 0.3) is 5.91 Å². The molecule has 0 aliphatic heterocycles. The Balaban J connectivity index is 1.94. The number of nitrogens with zero attached hydrogens (tertiary/aromatic N) is 1. The van der Waals surface area contributed by atoms with Crippen molar-refractivity contribution in [3.63, 3.8) is 0 Å². The highest BCUT2D eigenvalue weighted by Crippen LogP contribution is 2.34. The number of nitrogens with one attached hydrogen (secondary N) is 2. The number of alkyl carbamates (subject to hydrolysis) is 1. The molecular formula is C28H37N3O4. The topological polar surface area (TPSA) is 87.7 Å². The van der Waals surface area contributed by atoms with Crippen molar-refractivity contribution >= 4 is 23.6 Å². The number of benzene rings is 2. The Bertz CT molecular complexity index is 1040. The second-order valence-corrected chi connectivity index (χ2v) is 10.3. The van der Waals surface area contributed by atoms with Gasteiger partial charge in [0.05, 0.1) is 0 Å². The molecule has 2 aromatic carbocycles. The average Bonchev–Trinajstić information content (AvgIpc) is 2.73. The van der Waals surface area contributed by atoms with Gasteiger partial charge in [0, 0.05) is 11.7 Å². The zero-order valence-corrected chi connectivity index (χ0v) is 21.6. The Hall–Kier alpha value is -3.35. The van der Waals surface area contributed by atoms with Crippen molar-refractivity contribution < 1.29 is 19.1 Å². The van der Waals surface area contributed by atoms with Gasteiger partial charge in [0.15, 0.2) is 0 Å². The van der Waals surface area contributed by atoms with Crippen molar-refractivity contribution in [2.24, 2.45) is 0 Å². The van der Waals surface area contributed by atoms with E-state index in [9.17, 15) is 14.4 Å². The standard InChI is InChI=1S/C28H37N3O4/c1-18-12-10-13-19(2)23(18)30-25(32)24(21-14-8-7-9-15-21)31(22-16-11-17-22)26(33)20(3)29-27(34)35-28(4,5)6/h7-10,12-15,20,22,24H,11,16-17H2,1-6H3,(H,29,34)(H,30,32). The van der Waals surface area contributed by atoms with Crippen molar-refractivity contribution in [2.75, 3.05) is 5.32 Å². The largest absolute Gasteiger partial charge is 0.444 e. The van der Waals surface area contributed by atoms with Crippen LogP contribution in [0, 0.1) is 13.8 Å². The first-order valence-electron chi connectivity index (χ1n) is 12.2. The number of aryl methyl sites for hydroxylation is 2. The molecule has 188 valence electrons. The van der Waals surface area contributed by atoms with Crippen LogP contribution in [-0.4, -0.2) is 40.5 Å². The first-order chi connectivity index (χ1) is 16.5. The van der Waals surface area contributed by atoms with Gasteiger partial charge in [-0.25, -0.2) is 4.79 Å². The number of hydrogen-bond acceptors (Lipinski definition) is 4. The highest BCUT2D eigenvalue weighted by atomic mass is 16.6. The van der Waals surface area contributed by atoms with Crippen LogP contribution in [0.15, 0.2) is 48.5 Å². The van der Waals surface area contributed by atoms with E-state index in [0.717, 1.165) is 41.6 Å². The molecule has 7 heteroatoms. The normalized spacial score (nSPS) is 15.4. The molecule has 0 saturated heterocycles. The lowest BCUT2D eigenvalue weighted by molar-refractivity contribution is -0.145. The van der Waals surface area contributed by atoms with E-state index in [0.29, 0.717) is 0 Å². The lowest BCUT2D eigenvalue weighted by Crippen LogP contribution is -2.56. The van der Waals surface area contributed by atoms with E-state index in [4.69, 9.17) is 4.74 Å². The van der Waals surface area contributed by atoms with Crippen molar-refractivity contribution in [3.05, 3.63) is 65.2 Å². The lowest BCUT2D eigenvalue weighted by atomic mass is 9.88. The maximum Gasteiger partial charge on any atom is 0.408 e. The molecule has 0 radical (unpaired) electrons. The molecule has 1 aliphatic carbocycles. The molecule has 0 heterocycles. The second kappa shape index (κ2) is 10.9. The number of amides is 3. The summed E-state index contributed by atoms with van der Waals surface area (Å²) in [4.78, 5) is 41.6. The van der Waals surface area contributed by atoms with Gasteiger partial charge in [-0.3, -0.25) is 9.59 Å². The van der Waals surface area contributed by atoms with E-state index in [1.807, 2.05) is 62.4 Å². The van der Waals surface area contributed by atoms with Gasteiger partial charge >= 0.3 is 6.09 Å². The fourth-order valence-electron chi connectivity index (χ4n) is 4.23. The zero-order valence-electron chi connectivity index (χ0n) is 21.6. The number of hydrogen-bond donors (Lipinski definition) is 2. The molecule has 0 spiro atoms. The SMILES string of the molecule is Cc1cccc(C)c1NC(=O)C(c1ccccc1)N(C(=O)C(C)NC(=O)OC(C)(C)C)C1CCC1. The molecule has 35 heavy (non-hydrogen) atoms. The van der Waals surface area contributed by atoms with E-state index >= 15 is 0 Å². The Morgan fingerprint density at radius 2 is 1.57 bits per heavy atom. The van der Waals surface area contributed by atoms with Crippen LogP contribution in [0.4, 0.5) is 10.5 Å². The minimum Gasteiger partial charge on any atom is -0.444 e. The Morgan fingerprint density at radius 1 is 0.971 bits per heavy atom. The van der Waals surface area contributed by atoms with Crippen molar-refractivity contribution in [3.8, 4) is 0 Å². The molecule has 1 fully saturated rings. The van der Waals surface area contributed by atoms with E-state index in [1.165, 1.54) is 0 Å². The summed E-state index contributed by atoms with van der Waals surface area (Å²) in [6, 6.07) is 13.4. The first kappa shape index (κ1) is 26.3. The van der Waals surface area contributed by atoms with Gasteiger partial charge in [-0.1, -0.05) is 48.5 Å². The third-order valence-corrected chi connectivity index (χ3v) is 6.20.